The Balaban J connectivity index is 1.72. The van der Waals surface area contributed by atoms with Gasteiger partial charge in [0.25, 0.3) is 0 Å². The Labute approximate surface area is 138 Å². The monoisotopic (exact) mass is 318 g/mol. The van der Waals surface area contributed by atoms with Crippen molar-refractivity contribution in [1.82, 2.24) is 10.2 Å². The highest BCUT2D eigenvalue weighted by molar-refractivity contribution is 5.79. The summed E-state index contributed by atoms with van der Waals surface area (Å²) in [5, 5.41) is 2.94. The van der Waals surface area contributed by atoms with Crippen molar-refractivity contribution in [2.45, 2.75) is 32.2 Å². The summed E-state index contributed by atoms with van der Waals surface area (Å²) in [5.41, 5.74) is 1.28. The number of carbonyl (C=O) groups is 2. The van der Waals surface area contributed by atoms with Gasteiger partial charge in [0.15, 0.2) is 0 Å². The molecule has 5 heteroatoms. The molecule has 1 N–H and O–H groups in total. The zero-order valence-corrected chi connectivity index (χ0v) is 13.8. The van der Waals surface area contributed by atoms with Gasteiger partial charge in [0, 0.05) is 26.1 Å². The lowest BCUT2D eigenvalue weighted by Gasteiger charge is -2.32. The minimum Gasteiger partial charge on any atom is -0.469 e. The Bertz CT molecular complexity index is 504. The molecule has 2 rings (SSSR count). The molecule has 1 aromatic carbocycles. The number of rotatable bonds is 7. The predicted molar refractivity (Wildman–Crippen MR) is 88.7 cm³/mol. The number of amides is 1. The van der Waals surface area contributed by atoms with Crippen LogP contribution in [0.4, 0.5) is 0 Å². The quantitative estimate of drug-likeness (QED) is 0.617. The number of nitrogens with zero attached hydrogens (tertiary/aromatic N) is 1. The first kappa shape index (κ1) is 17.5. The molecule has 1 heterocycles. The van der Waals surface area contributed by atoms with Crippen LogP contribution in [0.2, 0.25) is 0 Å². The Morgan fingerprint density at radius 2 is 2.09 bits per heavy atom. The molecule has 0 radical (unpaired) electrons. The maximum atomic E-state index is 12.3. The number of piperidine rings is 1. The van der Waals surface area contributed by atoms with E-state index in [2.05, 4.69) is 27.1 Å². The first-order valence-corrected chi connectivity index (χ1v) is 8.30. The fourth-order valence-electron chi connectivity index (χ4n) is 2.95. The van der Waals surface area contributed by atoms with E-state index in [1.165, 1.54) is 12.7 Å². The minimum absolute atomic E-state index is 0.0468. The SMILES string of the molecule is COC(=O)CCCNC(=O)[C@H]1CCCN(Cc2ccccc2)C1. The Hall–Kier alpha value is -1.88. The van der Waals surface area contributed by atoms with Gasteiger partial charge in [0.1, 0.15) is 0 Å². The summed E-state index contributed by atoms with van der Waals surface area (Å²) in [6.07, 6.45) is 2.96. The highest BCUT2D eigenvalue weighted by atomic mass is 16.5. The third kappa shape index (κ3) is 6.02. The number of hydrogen-bond donors (Lipinski definition) is 1. The summed E-state index contributed by atoms with van der Waals surface area (Å²) in [6.45, 7) is 3.27. The van der Waals surface area contributed by atoms with E-state index < -0.39 is 0 Å². The molecule has 0 bridgehead atoms. The number of ether oxygens (including phenoxy) is 1. The van der Waals surface area contributed by atoms with Gasteiger partial charge in [-0.15, -0.1) is 0 Å². The van der Waals surface area contributed by atoms with Crippen LogP contribution >= 0.6 is 0 Å². The summed E-state index contributed by atoms with van der Waals surface area (Å²) >= 11 is 0. The number of esters is 1. The number of hydrogen-bond acceptors (Lipinski definition) is 4. The van der Waals surface area contributed by atoms with Crippen molar-refractivity contribution >= 4 is 11.9 Å². The van der Waals surface area contributed by atoms with Gasteiger partial charge >= 0.3 is 5.97 Å². The van der Waals surface area contributed by atoms with Crippen LogP contribution in [0.3, 0.4) is 0 Å². The first-order chi connectivity index (χ1) is 11.2. The summed E-state index contributed by atoms with van der Waals surface area (Å²) in [7, 11) is 1.38. The third-order valence-electron chi connectivity index (χ3n) is 4.21. The highest BCUT2D eigenvalue weighted by Gasteiger charge is 2.25. The van der Waals surface area contributed by atoms with Gasteiger partial charge in [0.05, 0.1) is 13.0 Å². The van der Waals surface area contributed by atoms with Crippen LogP contribution in [0.25, 0.3) is 0 Å². The molecule has 0 aliphatic carbocycles. The zero-order valence-electron chi connectivity index (χ0n) is 13.8. The van der Waals surface area contributed by atoms with Crippen LogP contribution in [0.5, 0.6) is 0 Å². The van der Waals surface area contributed by atoms with Gasteiger partial charge in [-0.3, -0.25) is 14.5 Å². The number of carbonyl (C=O) groups excluding carboxylic acids is 2. The fraction of sp³-hybridized carbons (Fsp3) is 0.556. The van der Waals surface area contributed by atoms with Crippen LogP contribution in [-0.4, -0.2) is 43.5 Å². The molecule has 126 valence electrons. The molecule has 1 saturated heterocycles. The highest BCUT2D eigenvalue weighted by Crippen LogP contribution is 2.18. The predicted octanol–water partition coefficient (Wildman–Crippen LogP) is 1.97. The van der Waals surface area contributed by atoms with E-state index in [4.69, 9.17) is 0 Å². The summed E-state index contributed by atoms with van der Waals surface area (Å²) in [4.78, 5) is 25.6. The molecule has 1 amide bonds. The number of benzene rings is 1. The molecular formula is C18H26N2O3. The van der Waals surface area contributed by atoms with Crippen molar-refractivity contribution in [1.29, 1.82) is 0 Å². The second kappa shape index (κ2) is 9.30. The lowest BCUT2D eigenvalue weighted by atomic mass is 9.96. The van der Waals surface area contributed by atoms with E-state index in [0.717, 1.165) is 32.5 Å². The van der Waals surface area contributed by atoms with E-state index in [1.54, 1.807) is 0 Å². The van der Waals surface area contributed by atoms with Gasteiger partial charge in [-0.2, -0.15) is 0 Å². The van der Waals surface area contributed by atoms with E-state index >= 15 is 0 Å². The van der Waals surface area contributed by atoms with Crippen LogP contribution in [0.15, 0.2) is 30.3 Å². The van der Waals surface area contributed by atoms with Gasteiger partial charge < -0.3 is 10.1 Å². The maximum absolute atomic E-state index is 12.3. The van der Waals surface area contributed by atoms with Gasteiger partial charge in [-0.25, -0.2) is 0 Å². The second-order valence-corrected chi connectivity index (χ2v) is 6.03. The Kier molecular flexibility index (Phi) is 7.07. The van der Waals surface area contributed by atoms with E-state index in [-0.39, 0.29) is 17.8 Å². The van der Waals surface area contributed by atoms with Gasteiger partial charge in [0.2, 0.25) is 5.91 Å². The molecule has 1 fully saturated rings. The van der Waals surface area contributed by atoms with Crippen LogP contribution in [-0.2, 0) is 20.9 Å². The lowest BCUT2D eigenvalue weighted by Crippen LogP contribution is -2.42. The molecule has 23 heavy (non-hydrogen) atoms. The molecule has 1 aliphatic heterocycles. The molecule has 1 aromatic rings. The van der Waals surface area contributed by atoms with Crippen LogP contribution in [0, 0.1) is 5.92 Å². The maximum Gasteiger partial charge on any atom is 0.305 e. The largest absolute Gasteiger partial charge is 0.469 e. The average molecular weight is 318 g/mol. The number of methoxy groups -OCH3 is 1. The first-order valence-electron chi connectivity index (χ1n) is 8.30. The topological polar surface area (TPSA) is 58.6 Å². The van der Waals surface area contributed by atoms with Crippen molar-refractivity contribution in [3.63, 3.8) is 0 Å². The van der Waals surface area contributed by atoms with Gasteiger partial charge in [-0.05, 0) is 31.4 Å². The van der Waals surface area contributed by atoms with Crippen molar-refractivity contribution in [2.24, 2.45) is 5.92 Å². The number of nitrogens with one attached hydrogen (secondary N) is 1. The molecule has 1 aliphatic rings. The smallest absolute Gasteiger partial charge is 0.305 e. The zero-order chi connectivity index (χ0) is 16.5. The minimum atomic E-state index is -0.231. The molecule has 0 unspecified atom stereocenters. The van der Waals surface area contributed by atoms with Gasteiger partial charge in [-0.1, -0.05) is 30.3 Å². The summed E-state index contributed by atoms with van der Waals surface area (Å²) < 4.78 is 4.59. The lowest BCUT2D eigenvalue weighted by molar-refractivity contribution is -0.140. The molecule has 0 aromatic heterocycles. The number of likely N-dealkylation sites (tertiary alicyclic amines) is 1. The van der Waals surface area contributed by atoms with Crippen molar-refractivity contribution < 1.29 is 14.3 Å². The van der Waals surface area contributed by atoms with Crippen molar-refractivity contribution in [3.05, 3.63) is 35.9 Å². The van der Waals surface area contributed by atoms with E-state index in [0.29, 0.717) is 19.4 Å². The summed E-state index contributed by atoms with van der Waals surface area (Å²) in [6, 6.07) is 10.4. The van der Waals surface area contributed by atoms with E-state index in [1.807, 2.05) is 18.2 Å². The van der Waals surface area contributed by atoms with Crippen molar-refractivity contribution in [2.75, 3.05) is 26.7 Å². The molecule has 1 atom stereocenters. The molecule has 5 nitrogen and oxygen atoms in total. The Morgan fingerprint density at radius 1 is 1.30 bits per heavy atom. The van der Waals surface area contributed by atoms with Crippen LogP contribution in [0.1, 0.15) is 31.2 Å². The molecule has 0 spiro atoms. The van der Waals surface area contributed by atoms with Crippen LogP contribution < -0.4 is 5.32 Å². The van der Waals surface area contributed by atoms with Crippen molar-refractivity contribution in [3.8, 4) is 0 Å². The standard InChI is InChI=1S/C18H26N2O3/c1-23-17(21)10-5-11-19-18(22)16-9-6-12-20(14-16)13-15-7-3-2-4-8-15/h2-4,7-8,16H,5-6,9-14H2,1H3,(H,19,22)/t16-/m0/s1. The molecule has 0 saturated carbocycles. The fourth-order valence-corrected chi connectivity index (χ4v) is 2.95. The third-order valence-corrected chi connectivity index (χ3v) is 4.21. The average Bonchev–Trinajstić information content (AvgIpc) is 2.59. The molecular weight excluding hydrogens is 292 g/mol. The summed E-state index contributed by atoms with van der Waals surface area (Å²) in [5.74, 6) is -0.0795. The Morgan fingerprint density at radius 3 is 2.83 bits per heavy atom. The van der Waals surface area contributed by atoms with E-state index in [9.17, 15) is 9.59 Å². The second-order valence-electron chi connectivity index (χ2n) is 6.03. The normalized spacial score (nSPS) is 18.4.